The minimum atomic E-state index is -0.516. The highest BCUT2D eigenvalue weighted by Gasteiger charge is 2.11. The van der Waals surface area contributed by atoms with Gasteiger partial charge in [0, 0.05) is 19.3 Å². The van der Waals surface area contributed by atoms with Crippen LogP contribution in [0, 0.1) is 0 Å². The number of carbonyl (C=O) groups is 1. The predicted molar refractivity (Wildman–Crippen MR) is 67.5 cm³/mol. The third-order valence-corrected chi connectivity index (χ3v) is 2.96. The number of anilines is 1. The Labute approximate surface area is 106 Å². The van der Waals surface area contributed by atoms with Gasteiger partial charge in [-0.05, 0) is 32.0 Å². The van der Waals surface area contributed by atoms with E-state index in [0.717, 1.165) is 13.1 Å². The van der Waals surface area contributed by atoms with Gasteiger partial charge in [0.05, 0.1) is 7.11 Å². The first-order valence-electron chi connectivity index (χ1n) is 6.17. The van der Waals surface area contributed by atoms with Crippen molar-refractivity contribution < 1.29 is 9.53 Å². The van der Waals surface area contributed by atoms with E-state index in [-0.39, 0.29) is 5.82 Å². The van der Waals surface area contributed by atoms with E-state index >= 15 is 0 Å². The van der Waals surface area contributed by atoms with E-state index in [0.29, 0.717) is 5.82 Å². The lowest BCUT2D eigenvalue weighted by Gasteiger charge is -2.14. The molecule has 0 bridgehead atoms. The summed E-state index contributed by atoms with van der Waals surface area (Å²) in [5, 5.41) is 3.19. The summed E-state index contributed by atoms with van der Waals surface area (Å²) in [4.78, 5) is 21.6. The van der Waals surface area contributed by atoms with Crippen LogP contribution in [0.25, 0.3) is 0 Å². The van der Waals surface area contributed by atoms with Crippen LogP contribution < -0.4 is 5.32 Å². The van der Waals surface area contributed by atoms with Gasteiger partial charge in [-0.15, -0.1) is 0 Å². The van der Waals surface area contributed by atoms with Crippen molar-refractivity contribution in [1.82, 2.24) is 14.9 Å². The first-order chi connectivity index (χ1) is 8.79. The van der Waals surface area contributed by atoms with E-state index in [2.05, 4.69) is 24.9 Å². The van der Waals surface area contributed by atoms with Crippen LogP contribution in [0.5, 0.6) is 0 Å². The van der Waals surface area contributed by atoms with Gasteiger partial charge in [0.1, 0.15) is 5.82 Å². The lowest BCUT2D eigenvalue weighted by molar-refractivity contribution is 0.0587. The quantitative estimate of drug-likeness (QED) is 0.779. The van der Waals surface area contributed by atoms with Crippen LogP contribution in [0.15, 0.2) is 12.3 Å². The molecule has 0 aromatic carbocycles. The SMILES string of the molecule is COC(=O)c1nccc(NCCN2CCCC2)n1. The Hall–Kier alpha value is -1.69. The van der Waals surface area contributed by atoms with Gasteiger partial charge in [-0.25, -0.2) is 14.8 Å². The van der Waals surface area contributed by atoms with Crippen molar-refractivity contribution in [2.75, 3.05) is 38.6 Å². The standard InChI is InChI=1S/C12H18N4O2/c1-18-12(17)11-14-5-4-10(15-11)13-6-9-16-7-2-3-8-16/h4-5H,2-3,6-9H2,1H3,(H,13,14,15). The zero-order valence-electron chi connectivity index (χ0n) is 10.6. The van der Waals surface area contributed by atoms with Gasteiger partial charge in [-0.2, -0.15) is 0 Å². The fraction of sp³-hybridized carbons (Fsp3) is 0.583. The first kappa shape index (κ1) is 12.8. The van der Waals surface area contributed by atoms with Crippen LogP contribution in [-0.4, -0.2) is 54.1 Å². The number of nitrogens with one attached hydrogen (secondary N) is 1. The smallest absolute Gasteiger partial charge is 0.376 e. The molecule has 0 spiro atoms. The van der Waals surface area contributed by atoms with Crippen LogP contribution in [-0.2, 0) is 4.74 Å². The predicted octanol–water partition coefficient (Wildman–Crippen LogP) is 0.771. The molecular formula is C12H18N4O2. The number of hydrogen-bond donors (Lipinski definition) is 1. The molecule has 1 fully saturated rings. The summed E-state index contributed by atoms with van der Waals surface area (Å²) in [5.41, 5.74) is 0. The van der Waals surface area contributed by atoms with Gasteiger partial charge in [0.15, 0.2) is 0 Å². The fourth-order valence-corrected chi connectivity index (χ4v) is 2.00. The Morgan fingerprint density at radius 3 is 3.00 bits per heavy atom. The summed E-state index contributed by atoms with van der Waals surface area (Å²) in [7, 11) is 1.32. The Morgan fingerprint density at radius 2 is 2.28 bits per heavy atom. The Balaban J connectivity index is 1.83. The van der Waals surface area contributed by atoms with Crippen molar-refractivity contribution in [2.24, 2.45) is 0 Å². The highest BCUT2D eigenvalue weighted by atomic mass is 16.5. The Kier molecular flexibility index (Phi) is 4.46. The fourth-order valence-electron chi connectivity index (χ4n) is 2.00. The summed E-state index contributed by atoms with van der Waals surface area (Å²) < 4.78 is 4.58. The number of aromatic nitrogens is 2. The second kappa shape index (κ2) is 6.30. The summed E-state index contributed by atoms with van der Waals surface area (Å²) in [5.74, 6) is 0.228. The molecule has 1 aliphatic heterocycles. The molecule has 0 amide bonds. The van der Waals surface area contributed by atoms with Crippen LogP contribution in [0.3, 0.4) is 0 Å². The van der Waals surface area contributed by atoms with E-state index in [4.69, 9.17) is 0 Å². The molecule has 98 valence electrons. The van der Waals surface area contributed by atoms with Crippen molar-refractivity contribution in [1.29, 1.82) is 0 Å². The number of rotatable bonds is 5. The van der Waals surface area contributed by atoms with Gasteiger partial charge in [-0.1, -0.05) is 0 Å². The molecule has 1 aromatic heterocycles. The molecule has 0 saturated carbocycles. The van der Waals surface area contributed by atoms with Crippen molar-refractivity contribution in [3.05, 3.63) is 18.1 Å². The lowest BCUT2D eigenvalue weighted by Crippen LogP contribution is -2.26. The van der Waals surface area contributed by atoms with Gasteiger partial charge < -0.3 is 15.0 Å². The topological polar surface area (TPSA) is 67.3 Å². The number of likely N-dealkylation sites (tertiary alicyclic amines) is 1. The zero-order chi connectivity index (χ0) is 12.8. The van der Waals surface area contributed by atoms with Crippen molar-refractivity contribution in [3.8, 4) is 0 Å². The Morgan fingerprint density at radius 1 is 1.50 bits per heavy atom. The molecule has 1 saturated heterocycles. The molecule has 0 radical (unpaired) electrons. The van der Waals surface area contributed by atoms with Crippen molar-refractivity contribution in [2.45, 2.75) is 12.8 Å². The summed E-state index contributed by atoms with van der Waals surface area (Å²) in [6.07, 6.45) is 4.14. The van der Waals surface area contributed by atoms with Crippen molar-refractivity contribution >= 4 is 11.8 Å². The molecule has 0 unspecified atom stereocenters. The van der Waals surface area contributed by atoms with E-state index in [1.807, 2.05) is 0 Å². The Bertz CT molecular complexity index is 405. The molecular weight excluding hydrogens is 232 g/mol. The lowest BCUT2D eigenvalue weighted by atomic mass is 10.4. The number of esters is 1. The first-order valence-corrected chi connectivity index (χ1v) is 6.17. The maximum atomic E-state index is 11.3. The molecule has 0 atom stereocenters. The number of methoxy groups -OCH3 is 1. The van der Waals surface area contributed by atoms with E-state index in [9.17, 15) is 4.79 Å². The van der Waals surface area contributed by atoms with Gasteiger partial charge in [0.2, 0.25) is 5.82 Å². The molecule has 1 N–H and O–H groups in total. The third kappa shape index (κ3) is 3.40. The highest BCUT2D eigenvalue weighted by Crippen LogP contribution is 2.07. The average molecular weight is 250 g/mol. The summed E-state index contributed by atoms with van der Waals surface area (Å²) in [6.45, 7) is 4.17. The number of carbonyl (C=O) groups excluding carboxylic acids is 1. The van der Waals surface area contributed by atoms with Gasteiger partial charge in [-0.3, -0.25) is 0 Å². The van der Waals surface area contributed by atoms with Gasteiger partial charge >= 0.3 is 5.97 Å². The molecule has 2 heterocycles. The molecule has 1 aliphatic rings. The average Bonchev–Trinajstić information content (AvgIpc) is 2.91. The highest BCUT2D eigenvalue weighted by molar-refractivity contribution is 5.85. The molecule has 6 heteroatoms. The van der Waals surface area contributed by atoms with Crippen molar-refractivity contribution in [3.63, 3.8) is 0 Å². The second-order valence-corrected chi connectivity index (χ2v) is 4.23. The summed E-state index contributed by atoms with van der Waals surface area (Å²) >= 11 is 0. The van der Waals surface area contributed by atoms with E-state index in [1.165, 1.54) is 33.0 Å². The maximum Gasteiger partial charge on any atom is 0.376 e. The zero-order valence-corrected chi connectivity index (χ0v) is 10.6. The van der Waals surface area contributed by atoms with Crippen LogP contribution in [0.2, 0.25) is 0 Å². The van der Waals surface area contributed by atoms with Gasteiger partial charge in [0.25, 0.3) is 0 Å². The second-order valence-electron chi connectivity index (χ2n) is 4.23. The van der Waals surface area contributed by atoms with E-state index < -0.39 is 5.97 Å². The number of ether oxygens (including phenoxy) is 1. The number of hydrogen-bond acceptors (Lipinski definition) is 6. The molecule has 0 aliphatic carbocycles. The number of nitrogens with zero attached hydrogens (tertiary/aromatic N) is 3. The molecule has 6 nitrogen and oxygen atoms in total. The molecule has 18 heavy (non-hydrogen) atoms. The monoisotopic (exact) mass is 250 g/mol. The summed E-state index contributed by atoms with van der Waals surface area (Å²) in [6, 6.07) is 1.75. The normalized spacial score (nSPS) is 15.6. The minimum Gasteiger partial charge on any atom is -0.463 e. The van der Waals surface area contributed by atoms with E-state index in [1.54, 1.807) is 12.3 Å². The third-order valence-electron chi connectivity index (χ3n) is 2.96. The van der Waals surface area contributed by atoms with Crippen LogP contribution in [0.1, 0.15) is 23.5 Å². The largest absolute Gasteiger partial charge is 0.463 e. The van der Waals surface area contributed by atoms with Crippen LogP contribution in [0.4, 0.5) is 5.82 Å². The molecule has 1 aromatic rings. The minimum absolute atomic E-state index is 0.0867. The maximum absolute atomic E-state index is 11.3. The van der Waals surface area contributed by atoms with Crippen LogP contribution >= 0.6 is 0 Å². The molecule has 2 rings (SSSR count).